The van der Waals surface area contributed by atoms with E-state index in [0.29, 0.717) is 24.1 Å². The SMILES string of the molecule is CO[C@@H]1CCC[C@H]1[C@H]1COCCN1Cc1ncnn1C(C)C. The maximum absolute atomic E-state index is 5.77. The second-order valence-electron chi connectivity index (χ2n) is 6.70. The van der Waals surface area contributed by atoms with Crippen LogP contribution in [0.3, 0.4) is 0 Å². The molecule has 1 saturated heterocycles. The Hall–Kier alpha value is -0.980. The number of nitrogens with zero attached hydrogens (tertiary/aromatic N) is 4. The van der Waals surface area contributed by atoms with Crippen molar-refractivity contribution in [3.63, 3.8) is 0 Å². The van der Waals surface area contributed by atoms with Crippen molar-refractivity contribution in [2.45, 2.75) is 57.8 Å². The normalized spacial score (nSPS) is 30.3. The molecule has 1 aromatic heterocycles. The quantitative estimate of drug-likeness (QED) is 0.831. The van der Waals surface area contributed by atoms with E-state index >= 15 is 0 Å². The number of hydrogen-bond acceptors (Lipinski definition) is 5. The van der Waals surface area contributed by atoms with Crippen LogP contribution < -0.4 is 0 Å². The van der Waals surface area contributed by atoms with E-state index in [0.717, 1.165) is 32.1 Å². The van der Waals surface area contributed by atoms with Crippen molar-refractivity contribution in [2.75, 3.05) is 26.9 Å². The van der Waals surface area contributed by atoms with Gasteiger partial charge >= 0.3 is 0 Å². The lowest BCUT2D eigenvalue weighted by Gasteiger charge is -2.40. The molecule has 0 unspecified atom stereocenters. The Morgan fingerprint density at radius 2 is 2.27 bits per heavy atom. The van der Waals surface area contributed by atoms with Gasteiger partial charge in [0.15, 0.2) is 0 Å². The van der Waals surface area contributed by atoms with Gasteiger partial charge in [-0.3, -0.25) is 4.90 Å². The summed E-state index contributed by atoms with van der Waals surface area (Å²) in [5, 5.41) is 4.36. The molecule has 0 spiro atoms. The Labute approximate surface area is 132 Å². The van der Waals surface area contributed by atoms with E-state index < -0.39 is 0 Å². The first-order chi connectivity index (χ1) is 10.7. The van der Waals surface area contributed by atoms with Gasteiger partial charge in [0.2, 0.25) is 0 Å². The molecule has 0 N–H and O–H groups in total. The van der Waals surface area contributed by atoms with E-state index in [1.165, 1.54) is 19.3 Å². The number of aromatic nitrogens is 3. The number of rotatable bonds is 5. The highest BCUT2D eigenvalue weighted by molar-refractivity contribution is 4.94. The summed E-state index contributed by atoms with van der Waals surface area (Å²) in [6.45, 7) is 7.71. The predicted molar refractivity (Wildman–Crippen MR) is 83.6 cm³/mol. The molecule has 0 radical (unpaired) electrons. The molecule has 1 saturated carbocycles. The summed E-state index contributed by atoms with van der Waals surface area (Å²) >= 11 is 0. The molecule has 124 valence electrons. The molecule has 6 heteroatoms. The lowest BCUT2D eigenvalue weighted by Crippen LogP contribution is -2.51. The van der Waals surface area contributed by atoms with Crippen LogP contribution in [-0.4, -0.2) is 58.7 Å². The number of hydrogen-bond donors (Lipinski definition) is 0. The van der Waals surface area contributed by atoms with E-state index in [4.69, 9.17) is 9.47 Å². The minimum Gasteiger partial charge on any atom is -0.381 e. The zero-order chi connectivity index (χ0) is 15.5. The Kier molecular flexibility index (Phi) is 5.10. The molecule has 3 atom stereocenters. The molecule has 1 aliphatic carbocycles. The van der Waals surface area contributed by atoms with Gasteiger partial charge in [0, 0.05) is 31.7 Å². The summed E-state index contributed by atoms with van der Waals surface area (Å²) < 4.78 is 13.5. The standard InChI is InChI=1S/C16H28N4O2/c1-12(2)20-16(17-11-18-20)9-19-7-8-22-10-14(19)13-5-4-6-15(13)21-3/h11-15H,4-10H2,1-3H3/t13-,14+,15+/m0/s1. The zero-order valence-electron chi connectivity index (χ0n) is 13.9. The first kappa shape index (κ1) is 15.9. The molecule has 3 rings (SSSR count). The van der Waals surface area contributed by atoms with Crippen molar-refractivity contribution in [3.8, 4) is 0 Å². The first-order valence-electron chi connectivity index (χ1n) is 8.43. The lowest BCUT2D eigenvalue weighted by atomic mass is 9.94. The summed E-state index contributed by atoms with van der Waals surface area (Å²) in [6, 6.07) is 0.772. The fourth-order valence-electron chi connectivity index (χ4n) is 3.94. The van der Waals surface area contributed by atoms with E-state index in [1.54, 1.807) is 6.33 Å². The van der Waals surface area contributed by atoms with Gasteiger partial charge in [0.25, 0.3) is 0 Å². The minimum absolute atomic E-state index is 0.343. The monoisotopic (exact) mass is 308 g/mol. The predicted octanol–water partition coefficient (Wildman–Crippen LogP) is 1.87. The number of ether oxygens (including phenoxy) is 2. The maximum Gasteiger partial charge on any atom is 0.141 e. The van der Waals surface area contributed by atoms with Crippen molar-refractivity contribution in [2.24, 2.45) is 5.92 Å². The summed E-state index contributed by atoms with van der Waals surface area (Å²) in [4.78, 5) is 6.99. The van der Waals surface area contributed by atoms with E-state index in [1.807, 2.05) is 11.8 Å². The highest BCUT2D eigenvalue weighted by atomic mass is 16.5. The molecule has 0 bridgehead atoms. The average Bonchev–Trinajstić information content (AvgIpc) is 3.16. The molecule has 6 nitrogen and oxygen atoms in total. The van der Waals surface area contributed by atoms with Crippen LogP contribution in [0.25, 0.3) is 0 Å². The smallest absolute Gasteiger partial charge is 0.141 e. The fraction of sp³-hybridized carbons (Fsp3) is 0.875. The minimum atomic E-state index is 0.343. The number of methoxy groups -OCH3 is 1. The van der Waals surface area contributed by atoms with Gasteiger partial charge < -0.3 is 9.47 Å². The fourth-order valence-corrected chi connectivity index (χ4v) is 3.94. The Balaban J connectivity index is 1.74. The van der Waals surface area contributed by atoms with Crippen molar-refractivity contribution >= 4 is 0 Å². The molecule has 2 fully saturated rings. The molecule has 0 amide bonds. The van der Waals surface area contributed by atoms with Crippen molar-refractivity contribution in [1.29, 1.82) is 0 Å². The molecular weight excluding hydrogens is 280 g/mol. The summed E-state index contributed by atoms with van der Waals surface area (Å²) in [5.41, 5.74) is 0. The van der Waals surface area contributed by atoms with Crippen LogP contribution in [-0.2, 0) is 16.0 Å². The van der Waals surface area contributed by atoms with Gasteiger partial charge in [0.1, 0.15) is 12.2 Å². The molecule has 2 aliphatic rings. The van der Waals surface area contributed by atoms with E-state index in [9.17, 15) is 0 Å². The summed E-state index contributed by atoms with van der Waals surface area (Å²) in [7, 11) is 1.84. The van der Waals surface area contributed by atoms with E-state index in [2.05, 4.69) is 28.8 Å². The first-order valence-corrected chi connectivity index (χ1v) is 8.43. The second-order valence-corrected chi connectivity index (χ2v) is 6.70. The van der Waals surface area contributed by atoms with Crippen LogP contribution in [0.2, 0.25) is 0 Å². The number of morpholine rings is 1. The zero-order valence-corrected chi connectivity index (χ0v) is 13.9. The molecular formula is C16H28N4O2. The van der Waals surface area contributed by atoms with Gasteiger partial charge in [-0.15, -0.1) is 0 Å². The lowest BCUT2D eigenvalue weighted by molar-refractivity contribution is -0.0620. The Bertz CT molecular complexity index is 476. The van der Waals surface area contributed by atoms with Gasteiger partial charge in [0.05, 0.1) is 25.9 Å². The van der Waals surface area contributed by atoms with Gasteiger partial charge in [-0.1, -0.05) is 6.42 Å². The van der Waals surface area contributed by atoms with Crippen molar-refractivity contribution in [3.05, 3.63) is 12.2 Å². The third-order valence-corrected chi connectivity index (χ3v) is 5.06. The van der Waals surface area contributed by atoms with Crippen LogP contribution in [0, 0.1) is 5.92 Å². The summed E-state index contributed by atoms with van der Waals surface area (Å²) in [6.07, 6.45) is 5.71. The molecule has 1 aliphatic heterocycles. The maximum atomic E-state index is 5.77. The second kappa shape index (κ2) is 7.06. The van der Waals surface area contributed by atoms with Crippen LogP contribution in [0.1, 0.15) is 45.0 Å². The highest BCUT2D eigenvalue weighted by Gasteiger charge is 2.38. The highest BCUT2D eigenvalue weighted by Crippen LogP contribution is 2.34. The van der Waals surface area contributed by atoms with Gasteiger partial charge in [-0.2, -0.15) is 5.10 Å². The Morgan fingerprint density at radius 1 is 1.41 bits per heavy atom. The van der Waals surface area contributed by atoms with Crippen LogP contribution in [0.15, 0.2) is 6.33 Å². The van der Waals surface area contributed by atoms with Crippen molar-refractivity contribution < 1.29 is 9.47 Å². The molecule has 2 heterocycles. The average molecular weight is 308 g/mol. The molecule has 1 aromatic rings. The largest absolute Gasteiger partial charge is 0.381 e. The topological polar surface area (TPSA) is 52.4 Å². The van der Waals surface area contributed by atoms with Crippen LogP contribution in [0.5, 0.6) is 0 Å². The third-order valence-electron chi connectivity index (χ3n) is 5.06. The third kappa shape index (κ3) is 3.19. The van der Waals surface area contributed by atoms with Crippen LogP contribution >= 0.6 is 0 Å². The van der Waals surface area contributed by atoms with Crippen LogP contribution in [0.4, 0.5) is 0 Å². The van der Waals surface area contributed by atoms with Gasteiger partial charge in [-0.25, -0.2) is 9.67 Å². The molecule has 0 aromatic carbocycles. The van der Waals surface area contributed by atoms with Gasteiger partial charge in [-0.05, 0) is 26.7 Å². The molecule has 22 heavy (non-hydrogen) atoms. The van der Waals surface area contributed by atoms with Crippen molar-refractivity contribution in [1.82, 2.24) is 19.7 Å². The van der Waals surface area contributed by atoms with E-state index in [-0.39, 0.29) is 0 Å². The Morgan fingerprint density at radius 3 is 3.05 bits per heavy atom. The summed E-state index contributed by atoms with van der Waals surface area (Å²) in [5.74, 6) is 1.62.